The number of hydrogen-bond acceptors (Lipinski definition) is 3. The topological polar surface area (TPSA) is 72.5 Å². The lowest BCUT2D eigenvalue weighted by atomic mass is 10.2. The Bertz CT molecular complexity index is 131. The van der Waals surface area contributed by atoms with Gasteiger partial charge in [0.2, 0.25) is 0 Å². The van der Waals surface area contributed by atoms with Gasteiger partial charge in [-0.1, -0.05) is 0 Å². The Morgan fingerprint density at radius 3 is 2.55 bits per heavy atom. The van der Waals surface area contributed by atoms with Crippen molar-refractivity contribution >= 4 is 5.97 Å². The van der Waals surface area contributed by atoms with Crippen LogP contribution < -0.4 is 5.73 Å². The van der Waals surface area contributed by atoms with Gasteiger partial charge < -0.3 is 15.6 Å². The van der Waals surface area contributed by atoms with Crippen LogP contribution in [0.25, 0.3) is 0 Å². The summed E-state index contributed by atoms with van der Waals surface area (Å²) in [6.07, 6.45) is -0.111. The molecular weight excluding hydrogens is 160 g/mol. The van der Waals surface area contributed by atoms with Crippen molar-refractivity contribution in [1.29, 1.82) is 0 Å². The molecule has 11 heavy (non-hydrogen) atoms. The third kappa shape index (κ3) is 5.68. The lowest BCUT2D eigenvalue weighted by molar-refractivity contribution is -0.144. The van der Waals surface area contributed by atoms with Crippen molar-refractivity contribution in [2.45, 2.75) is 19.1 Å². The van der Waals surface area contributed by atoms with E-state index in [1.165, 1.54) is 0 Å². The molecule has 0 aliphatic carbocycles. The summed E-state index contributed by atoms with van der Waals surface area (Å²) in [4.78, 5) is 10.0. The van der Waals surface area contributed by atoms with E-state index in [9.17, 15) is 13.6 Å². The SMILES string of the molecule is N[C@@H](CCOC(F)F)C(=O)O. The van der Waals surface area contributed by atoms with E-state index < -0.39 is 18.6 Å². The molecule has 0 radical (unpaired) electrons. The van der Waals surface area contributed by atoms with Gasteiger partial charge in [-0.2, -0.15) is 8.78 Å². The molecule has 0 aromatic carbocycles. The molecule has 0 aromatic heterocycles. The summed E-state index contributed by atoms with van der Waals surface area (Å²) in [5, 5.41) is 8.18. The van der Waals surface area contributed by atoms with E-state index in [-0.39, 0.29) is 13.0 Å². The van der Waals surface area contributed by atoms with Crippen molar-refractivity contribution in [2.24, 2.45) is 5.73 Å². The maximum absolute atomic E-state index is 11.3. The zero-order valence-electron chi connectivity index (χ0n) is 5.67. The maximum Gasteiger partial charge on any atom is 0.345 e. The minimum Gasteiger partial charge on any atom is -0.480 e. The maximum atomic E-state index is 11.3. The van der Waals surface area contributed by atoms with E-state index >= 15 is 0 Å². The van der Waals surface area contributed by atoms with Gasteiger partial charge in [0.25, 0.3) is 0 Å². The fourth-order valence-corrected chi connectivity index (χ4v) is 0.408. The first-order chi connectivity index (χ1) is 5.04. The van der Waals surface area contributed by atoms with Crippen LogP contribution in [-0.2, 0) is 9.53 Å². The fourth-order valence-electron chi connectivity index (χ4n) is 0.408. The predicted octanol–water partition coefficient (Wildman–Crippen LogP) is 0.0276. The van der Waals surface area contributed by atoms with Gasteiger partial charge in [0.05, 0.1) is 6.61 Å². The highest BCUT2D eigenvalue weighted by Gasteiger charge is 2.11. The third-order valence-electron chi connectivity index (χ3n) is 0.990. The normalized spacial score (nSPS) is 13.5. The Kier molecular flexibility index (Phi) is 4.64. The second-order valence-electron chi connectivity index (χ2n) is 1.86. The Hall–Kier alpha value is -0.750. The van der Waals surface area contributed by atoms with Gasteiger partial charge in [-0.25, -0.2) is 0 Å². The minimum absolute atomic E-state index is 0.111. The zero-order chi connectivity index (χ0) is 8.85. The molecule has 4 nitrogen and oxygen atoms in total. The molecule has 0 aliphatic heterocycles. The van der Waals surface area contributed by atoms with Gasteiger partial charge in [-0.05, 0) is 6.42 Å². The van der Waals surface area contributed by atoms with E-state index in [1.54, 1.807) is 0 Å². The van der Waals surface area contributed by atoms with Crippen molar-refractivity contribution in [2.75, 3.05) is 6.61 Å². The number of carboxylic acid groups (broad SMARTS) is 1. The molecule has 0 amide bonds. The zero-order valence-corrected chi connectivity index (χ0v) is 5.67. The number of hydrogen-bond donors (Lipinski definition) is 2. The van der Waals surface area contributed by atoms with Crippen LogP contribution in [-0.4, -0.2) is 30.3 Å². The largest absolute Gasteiger partial charge is 0.480 e. The monoisotopic (exact) mass is 169 g/mol. The number of halogens is 2. The molecule has 0 unspecified atom stereocenters. The van der Waals surface area contributed by atoms with Crippen molar-refractivity contribution in [3.63, 3.8) is 0 Å². The van der Waals surface area contributed by atoms with Crippen LogP contribution in [0.3, 0.4) is 0 Å². The number of nitrogens with two attached hydrogens (primary N) is 1. The van der Waals surface area contributed by atoms with E-state index in [0.717, 1.165) is 0 Å². The van der Waals surface area contributed by atoms with Gasteiger partial charge in [-0.15, -0.1) is 0 Å². The molecule has 0 spiro atoms. The molecule has 3 N–H and O–H groups in total. The first-order valence-corrected chi connectivity index (χ1v) is 2.92. The van der Waals surface area contributed by atoms with Crippen LogP contribution in [0, 0.1) is 0 Å². The number of rotatable bonds is 5. The summed E-state index contributed by atoms with van der Waals surface area (Å²) in [5.41, 5.74) is 4.98. The molecule has 0 fully saturated rings. The summed E-state index contributed by atoms with van der Waals surface area (Å²) in [6.45, 7) is -3.21. The van der Waals surface area contributed by atoms with Gasteiger partial charge in [-0.3, -0.25) is 4.79 Å². The molecule has 0 heterocycles. The van der Waals surface area contributed by atoms with Crippen LogP contribution >= 0.6 is 0 Å². The second-order valence-corrected chi connectivity index (χ2v) is 1.86. The molecule has 6 heteroatoms. The van der Waals surface area contributed by atoms with Gasteiger partial charge >= 0.3 is 12.6 Å². The molecule has 0 aromatic rings. The predicted molar refractivity (Wildman–Crippen MR) is 32.2 cm³/mol. The molecule has 1 atom stereocenters. The average Bonchev–Trinajstić information content (AvgIpc) is 1.86. The molecule has 0 aliphatic rings. The lowest BCUT2D eigenvalue weighted by Gasteiger charge is -2.05. The number of carbonyl (C=O) groups is 1. The molecule has 0 rings (SSSR count). The standard InChI is InChI=1S/C5H9F2NO3/c6-5(7)11-2-1-3(8)4(9)10/h3,5H,1-2,8H2,(H,9,10)/t3-/m0/s1. The summed E-state index contributed by atoms with van der Waals surface area (Å²) in [6, 6.07) is -1.13. The number of alkyl halides is 2. The smallest absolute Gasteiger partial charge is 0.345 e. The summed E-state index contributed by atoms with van der Waals surface area (Å²) in [5.74, 6) is -1.22. The summed E-state index contributed by atoms with van der Waals surface area (Å²) in [7, 11) is 0. The van der Waals surface area contributed by atoms with E-state index in [2.05, 4.69) is 4.74 Å². The summed E-state index contributed by atoms with van der Waals surface area (Å²) >= 11 is 0. The van der Waals surface area contributed by atoms with E-state index in [1.807, 2.05) is 0 Å². The molecule has 0 saturated heterocycles. The minimum atomic E-state index is -2.86. The Balaban J connectivity index is 3.31. The fraction of sp³-hybridized carbons (Fsp3) is 0.800. The van der Waals surface area contributed by atoms with Crippen LogP contribution in [0.5, 0.6) is 0 Å². The molecule has 66 valence electrons. The van der Waals surface area contributed by atoms with Gasteiger partial charge in [0, 0.05) is 0 Å². The van der Waals surface area contributed by atoms with Crippen LogP contribution in [0.2, 0.25) is 0 Å². The van der Waals surface area contributed by atoms with E-state index in [4.69, 9.17) is 10.8 Å². The Labute approximate surface area is 61.9 Å². The number of ether oxygens (including phenoxy) is 1. The molecule has 0 bridgehead atoms. The van der Waals surface area contributed by atoms with Gasteiger partial charge in [0.1, 0.15) is 6.04 Å². The Morgan fingerprint density at radius 1 is 1.64 bits per heavy atom. The Morgan fingerprint density at radius 2 is 2.18 bits per heavy atom. The number of aliphatic carboxylic acids is 1. The average molecular weight is 169 g/mol. The van der Waals surface area contributed by atoms with Gasteiger partial charge in [0.15, 0.2) is 0 Å². The van der Waals surface area contributed by atoms with Crippen molar-refractivity contribution < 1.29 is 23.4 Å². The highest BCUT2D eigenvalue weighted by molar-refractivity contribution is 5.72. The van der Waals surface area contributed by atoms with E-state index in [0.29, 0.717) is 0 Å². The van der Waals surface area contributed by atoms with Crippen LogP contribution in [0.1, 0.15) is 6.42 Å². The lowest BCUT2D eigenvalue weighted by Crippen LogP contribution is -2.31. The van der Waals surface area contributed by atoms with Crippen molar-refractivity contribution in [3.05, 3.63) is 0 Å². The first-order valence-electron chi connectivity index (χ1n) is 2.92. The summed E-state index contributed by atoms with van der Waals surface area (Å²) < 4.78 is 26.3. The van der Waals surface area contributed by atoms with Crippen LogP contribution in [0.15, 0.2) is 0 Å². The van der Waals surface area contributed by atoms with Crippen molar-refractivity contribution in [3.8, 4) is 0 Å². The third-order valence-corrected chi connectivity index (χ3v) is 0.990. The quantitative estimate of drug-likeness (QED) is 0.608. The van der Waals surface area contributed by atoms with Crippen LogP contribution in [0.4, 0.5) is 8.78 Å². The highest BCUT2D eigenvalue weighted by Crippen LogP contribution is 1.97. The van der Waals surface area contributed by atoms with Crippen molar-refractivity contribution in [1.82, 2.24) is 0 Å². The highest BCUT2D eigenvalue weighted by atomic mass is 19.3. The second kappa shape index (κ2) is 4.97. The number of carboxylic acids is 1. The molecule has 0 saturated carbocycles. The first kappa shape index (κ1) is 10.2. The molecular formula is C5H9F2NO3.